The van der Waals surface area contributed by atoms with E-state index in [1.807, 2.05) is 12.1 Å². The summed E-state index contributed by atoms with van der Waals surface area (Å²) in [5.41, 5.74) is 2.73. The zero-order valence-corrected chi connectivity index (χ0v) is 13.5. The molecule has 0 aliphatic heterocycles. The highest BCUT2D eigenvalue weighted by Gasteiger charge is 2.39. The van der Waals surface area contributed by atoms with Crippen LogP contribution in [0.25, 0.3) is 0 Å². The molecule has 0 bridgehead atoms. The highest BCUT2D eigenvalue weighted by Crippen LogP contribution is 2.47. The molecule has 0 saturated heterocycles. The predicted octanol–water partition coefficient (Wildman–Crippen LogP) is 5.46. The second-order valence-electron chi connectivity index (χ2n) is 6.19. The maximum Gasteiger partial charge on any atom is 0.150 e. The molecular weight excluding hydrogens is 336 g/mol. The van der Waals surface area contributed by atoms with Gasteiger partial charge in [-0.3, -0.25) is 0 Å². The second-order valence-corrected chi connectivity index (χ2v) is 7.04. The highest BCUT2D eigenvalue weighted by molar-refractivity contribution is 9.10. The minimum Gasteiger partial charge on any atom is -0.374 e. The fourth-order valence-corrected chi connectivity index (χ4v) is 3.61. The van der Waals surface area contributed by atoms with Gasteiger partial charge in [0.15, 0.2) is 0 Å². The number of hydrogen-bond donors (Lipinski definition) is 1. The third kappa shape index (κ3) is 2.57. The van der Waals surface area contributed by atoms with Crippen LogP contribution in [0.2, 0.25) is 0 Å². The van der Waals surface area contributed by atoms with Crippen molar-refractivity contribution in [1.29, 1.82) is 0 Å². The van der Waals surface area contributed by atoms with Gasteiger partial charge in [-0.15, -0.1) is 0 Å². The third-order valence-electron chi connectivity index (χ3n) is 4.09. The molecule has 0 saturated carbocycles. The first-order valence-corrected chi connectivity index (χ1v) is 7.67. The van der Waals surface area contributed by atoms with Gasteiger partial charge >= 0.3 is 0 Å². The average Bonchev–Trinajstić information content (AvgIpc) is 2.63. The van der Waals surface area contributed by atoms with E-state index >= 15 is 0 Å². The Labute approximate surface area is 131 Å². The minimum absolute atomic E-state index is 0.00930. The van der Waals surface area contributed by atoms with Crippen molar-refractivity contribution in [2.45, 2.75) is 26.3 Å². The molecule has 1 aliphatic rings. The molecule has 4 heteroatoms. The van der Waals surface area contributed by atoms with E-state index in [1.54, 1.807) is 0 Å². The standard InChI is InChI=1S/C17H16BrF2N/c1-17(2)9-10-5-3-4-6-12(10)16(17)21-15-13(18)7-11(19)8-14(15)20/h3-8,16,21H,9H2,1-2H3. The summed E-state index contributed by atoms with van der Waals surface area (Å²) in [4.78, 5) is 0. The normalized spacial score (nSPS) is 19.4. The van der Waals surface area contributed by atoms with Crippen molar-refractivity contribution in [2.75, 3.05) is 5.32 Å². The lowest BCUT2D eigenvalue weighted by Crippen LogP contribution is -2.25. The molecule has 3 rings (SSSR count). The summed E-state index contributed by atoms with van der Waals surface area (Å²) >= 11 is 3.24. The van der Waals surface area contributed by atoms with Crippen molar-refractivity contribution in [2.24, 2.45) is 5.41 Å². The molecule has 0 aromatic heterocycles. The van der Waals surface area contributed by atoms with E-state index in [2.05, 4.69) is 47.2 Å². The molecule has 1 atom stereocenters. The molecule has 0 heterocycles. The first-order valence-electron chi connectivity index (χ1n) is 6.87. The summed E-state index contributed by atoms with van der Waals surface area (Å²) in [6.45, 7) is 4.31. The largest absolute Gasteiger partial charge is 0.374 e. The Hall–Kier alpha value is -1.42. The van der Waals surface area contributed by atoms with E-state index in [0.29, 0.717) is 10.2 Å². The number of fused-ring (bicyclic) bond motifs is 1. The molecular formula is C17H16BrF2N. The van der Waals surface area contributed by atoms with Crippen LogP contribution < -0.4 is 5.32 Å². The van der Waals surface area contributed by atoms with Gasteiger partial charge in [0.2, 0.25) is 0 Å². The average molecular weight is 352 g/mol. The van der Waals surface area contributed by atoms with Crippen LogP contribution in [0.4, 0.5) is 14.5 Å². The molecule has 0 radical (unpaired) electrons. The summed E-state index contributed by atoms with van der Waals surface area (Å²) in [5, 5.41) is 3.26. The zero-order chi connectivity index (χ0) is 15.2. The molecule has 2 aromatic carbocycles. The Morgan fingerprint density at radius 1 is 1.19 bits per heavy atom. The van der Waals surface area contributed by atoms with E-state index in [0.717, 1.165) is 12.5 Å². The SMILES string of the molecule is CC1(C)Cc2ccccc2C1Nc1c(F)cc(F)cc1Br. The fourth-order valence-electron chi connectivity index (χ4n) is 3.09. The zero-order valence-electron chi connectivity index (χ0n) is 11.9. The molecule has 1 aliphatic carbocycles. The summed E-state index contributed by atoms with van der Waals surface area (Å²) in [7, 11) is 0. The molecule has 1 unspecified atom stereocenters. The first kappa shape index (κ1) is 14.5. The maximum atomic E-state index is 14.1. The van der Waals surface area contributed by atoms with Gasteiger partial charge in [0.05, 0.1) is 11.7 Å². The van der Waals surface area contributed by atoms with Crippen LogP contribution in [0, 0.1) is 17.0 Å². The molecule has 0 spiro atoms. The quantitative estimate of drug-likeness (QED) is 0.757. The van der Waals surface area contributed by atoms with E-state index < -0.39 is 11.6 Å². The molecule has 110 valence electrons. The number of benzene rings is 2. The number of anilines is 1. The molecule has 0 fully saturated rings. The maximum absolute atomic E-state index is 14.1. The fraction of sp³-hybridized carbons (Fsp3) is 0.294. The van der Waals surface area contributed by atoms with E-state index in [4.69, 9.17) is 0 Å². The van der Waals surface area contributed by atoms with Gasteiger partial charge in [-0.25, -0.2) is 8.78 Å². The Balaban J connectivity index is 2.02. The monoisotopic (exact) mass is 351 g/mol. The van der Waals surface area contributed by atoms with Crippen LogP contribution in [-0.2, 0) is 6.42 Å². The lowest BCUT2D eigenvalue weighted by molar-refractivity contribution is 0.336. The van der Waals surface area contributed by atoms with Gasteiger partial charge < -0.3 is 5.32 Å². The molecule has 21 heavy (non-hydrogen) atoms. The van der Waals surface area contributed by atoms with Crippen LogP contribution in [0.15, 0.2) is 40.9 Å². The lowest BCUT2D eigenvalue weighted by atomic mass is 9.85. The second kappa shape index (κ2) is 5.09. The van der Waals surface area contributed by atoms with Crippen molar-refractivity contribution >= 4 is 21.6 Å². The molecule has 1 N–H and O–H groups in total. The molecule has 1 nitrogen and oxygen atoms in total. The summed E-state index contributed by atoms with van der Waals surface area (Å²) in [6, 6.07) is 10.4. The van der Waals surface area contributed by atoms with Gasteiger partial charge in [-0.05, 0) is 45.0 Å². The third-order valence-corrected chi connectivity index (χ3v) is 4.71. The summed E-state index contributed by atoms with van der Waals surface area (Å²) in [5.74, 6) is -1.17. The lowest BCUT2D eigenvalue weighted by Gasteiger charge is -2.30. The smallest absolute Gasteiger partial charge is 0.150 e. The Morgan fingerprint density at radius 2 is 1.90 bits per heavy atom. The molecule has 0 amide bonds. The number of halogens is 3. The van der Waals surface area contributed by atoms with E-state index in [-0.39, 0.29) is 11.5 Å². The molecule has 2 aromatic rings. The van der Waals surface area contributed by atoms with Crippen LogP contribution >= 0.6 is 15.9 Å². The highest BCUT2D eigenvalue weighted by atomic mass is 79.9. The van der Waals surface area contributed by atoms with Crippen LogP contribution in [0.1, 0.15) is 31.0 Å². The summed E-state index contributed by atoms with van der Waals surface area (Å²) in [6.07, 6.45) is 0.932. The Morgan fingerprint density at radius 3 is 2.62 bits per heavy atom. The van der Waals surface area contributed by atoms with Crippen LogP contribution in [-0.4, -0.2) is 0 Å². The Kier molecular flexibility index (Phi) is 3.52. The van der Waals surface area contributed by atoms with E-state index in [1.165, 1.54) is 17.2 Å². The van der Waals surface area contributed by atoms with Gasteiger partial charge in [-0.2, -0.15) is 0 Å². The number of nitrogens with one attached hydrogen (secondary N) is 1. The van der Waals surface area contributed by atoms with Crippen molar-refractivity contribution in [3.8, 4) is 0 Å². The van der Waals surface area contributed by atoms with Gasteiger partial charge in [0.25, 0.3) is 0 Å². The predicted molar refractivity (Wildman–Crippen MR) is 84.3 cm³/mol. The van der Waals surface area contributed by atoms with Gasteiger partial charge in [-0.1, -0.05) is 38.1 Å². The van der Waals surface area contributed by atoms with Crippen molar-refractivity contribution in [1.82, 2.24) is 0 Å². The van der Waals surface area contributed by atoms with Gasteiger partial charge in [0, 0.05) is 10.5 Å². The van der Waals surface area contributed by atoms with Crippen molar-refractivity contribution in [3.63, 3.8) is 0 Å². The Bertz CT molecular complexity index is 674. The minimum atomic E-state index is -0.587. The first-order chi connectivity index (χ1) is 9.88. The number of hydrogen-bond acceptors (Lipinski definition) is 1. The number of rotatable bonds is 2. The van der Waals surface area contributed by atoms with Crippen molar-refractivity contribution < 1.29 is 8.78 Å². The van der Waals surface area contributed by atoms with Crippen LogP contribution in [0.3, 0.4) is 0 Å². The topological polar surface area (TPSA) is 12.0 Å². The van der Waals surface area contributed by atoms with Gasteiger partial charge in [0.1, 0.15) is 11.6 Å². The van der Waals surface area contributed by atoms with E-state index in [9.17, 15) is 8.78 Å². The summed E-state index contributed by atoms with van der Waals surface area (Å²) < 4.78 is 27.7. The van der Waals surface area contributed by atoms with Crippen LogP contribution in [0.5, 0.6) is 0 Å². The van der Waals surface area contributed by atoms with Crippen molar-refractivity contribution in [3.05, 3.63) is 63.6 Å².